The van der Waals surface area contributed by atoms with Crippen LogP contribution in [-0.2, 0) is 0 Å². The van der Waals surface area contributed by atoms with Gasteiger partial charge in [0.15, 0.2) is 17.2 Å². The summed E-state index contributed by atoms with van der Waals surface area (Å²) in [6.45, 7) is 5.31. The number of furan rings is 1. The largest absolute Gasteiger partial charge is 0.451 e. The lowest BCUT2D eigenvalue weighted by molar-refractivity contribution is 0.314. The molecule has 0 amide bonds. The molecule has 0 aliphatic rings. The minimum absolute atomic E-state index is 0.0225. The summed E-state index contributed by atoms with van der Waals surface area (Å²) >= 11 is 0. The van der Waals surface area contributed by atoms with Gasteiger partial charge in [0.2, 0.25) is 0 Å². The standard InChI is InChI=1S/C13H13F2NO2/c1-6(2)11(16-17)12-7(3)9-4-8(14)5-10(15)13(9)18-12/h4-6,17H,1-3H3/b16-11-. The highest BCUT2D eigenvalue weighted by atomic mass is 19.1. The molecule has 0 aliphatic heterocycles. The molecule has 0 bridgehead atoms. The van der Waals surface area contributed by atoms with E-state index in [1.165, 1.54) is 6.07 Å². The molecule has 1 heterocycles. The van der Waals surface area contributed by atoms with Gasteiger partial charge in [0.25, 0.3) is 0 Å². The average molecular weight is 253 g/mol. The Morgan fingerprint density at radius 2 is 2.00 bits per heavy atom. The first-order valence-corrected chi connectivity index (χ1v) is 5.56. The molecule has 1 aromatic heterocycles. The second-order valence-corrected chi connectivity index (χ2v) is 4.46. The Morgan fingerprint density at radius 3 is 2.56 bits per heavy atom. The smallest absolute Gasteiger partial charge is 0.170 e. The van der Waals surface area contributed by atoms with E-state index in [2.05, 4.69) is 5.16 Å². The fraction of sp³-hybridized carbons (Fsp3) is 0.308. The summed E-state index contributed by atoms with van der Waals surface area (Å²) < 4.78 is 32.1. The highest BCUT2D eigenvalue weighted by Gasteiger charge is 2.21. The number of aryl methyl sites for hydroxylation is 1. The third-order valence-corrected chi connectivity index (χ3v) is 2.84. The van der Waals surface area contributed by atoms with Gasteiger partial charge in [-0.1, -0.05) is 19.0 Å². The van der Waals surface area contributed by atoms with Crippen molar-refractivity contribution in [2.75, 3.05) is 0 Å². The molecule has 2 aromatic rings. The van der Waals surface area contributed by atoms with E-state index in [1.54, 1.807) is 6.92 Å². The molecule has 1 N–H and O–H groups in total. The fourth-order valence-corrected chi connectivity index (χ4v) is 1.91. The summed E-state index contributed by atoms with van der Waals surface area (Å²) in [4.78, 5) is 0. The molecular weight excluding hydrogens is 240 g/mol. The molecule has 18 heavy (non-hydrogen) atoms. The summed E-state index contributed by atoms with van der Waals surface area (Å²) in [5.74, 6) is -1.24. The highest BCUT2D eigenvalue weighted by Crippen LogP contribution is 2.30. The number of rotatable bonds is 2. The van der Waals surface area contributed by atoms with Gasteiger partial charge >= 0.3 is 0 Å². The van der Waals surface area contributed by atoms with Crippen molar-refractivity contribution >= 4 is 16.7 Å². The Kier molecular flexibility index (Phi) is 3.07. The molecular formula is C13H13F2NO2. The van der Waals surface area contributed by atoms with Crippen LogP contribution in [0.4, 0.5) is 8.78 Å². The van der Waals surface area contributed by atoms with Crippen molar-refractivity contribution in [2.45, 2.75) is 20.8 Å². The summed E-state index contributed by atoms with van der Waals surface area (Å²) in [7, 11) is 0. The van der Waals surface area contributed by atoms with Gasteiger partial charge in [0, 0.05) is 22.9 Å². The maximum atomic E-state index is 13.6. The molecule has 0 unspecified atom stereocenters. The van der Waals surface area contributed by atoms with Gasteiger partial charge in [0.05, 0.1) is 0 Å². The van der Waals surface area contributed by atoms with E-state index in [-0.39, 0.29) is 17.3 Å². The van der Waals surface area contributed by atoms with Crippen molar-refractivity contribution in [3.05, 3.63) is 35.1 Å². The van der Waals surface area contributed by atoms with Crippen LogP contribution in [0.5, 0.6) is 0 Å². The number of fused-ring (bicyclic) bond motifs is 1. The van der Waals surface area contributed by atoms with Gasteiger partial charge in [-0.25, -0.2) is 8.78 Å². The molecule has 0 atom stereocenters. The van der Waals surface area contributed by atoms with E-state index in [1.807, 2.05) is 13.8 Å². The van der Waals surface area contributed by atoms with E-state index in [0.717, 1.165) is 6.07 Å². The second kappa shape index (κ2) is 4.40. The van der Waals surface area contributed by atoms with Crippen molar-refractivity contribution in [2.24, 2.45) is 11.1 Å². The van der Waals surface area contributed by atoms with E-state index in [9.17, 15) is 8.78 Å². The molecule has 96 valence electrons. The predicted molar refractivity (Wildman–Crippen MR) is 64.0 cm³/mol. The summed E-state index contributed by atoms with van der Waals surface area (Å²) in [6, 6.07) is 1.97. The SMILES string of the molecule is Cc1c(/C(=N\O)C(C)C)oc2c(F)cc(F)cc12. The predicted octanol–water partition coefficient (Wildman–Crippen LogP) is 3.85. The molecule has 2 rings (SSSR count). The summed E-state index contributed by atoms with van der Waals surface area (Å²) in [6.07, 6.45) is 0. The van der Waals surface area contributed by atoms with Gasteiger partial charge in [-0.15, -0.1) is 0 Å². The molecule has 0 spiro atoms. The highest BCUT2D eigenvalue weighted by molar-refractivity contribution is 6.04. The minimum Gasteiger partial charge on any atom is -0.451 e. The van der Waals surface area contributed by atoms with Crippen LogP contribution < -0.4 is 0 Å². The zero-order chi connectivity index (χ0) is 13.4. The normalized spacial score (nSPS) is 12.7. The fourth-order valence-electron chi connectivity index (χ4n) is 1.91. The number of halogens is 2. The first kappa shape index (κ1) is 12.5. The number of oxime groups is 1. The number of nitrogens with zero attached hydrogens (tertiary/aromatic N) is 1. The monoisotopic (exact) mass is 253 g/mol. The molecule has 0 saturated heterocycles. The first-order valence-electron chi connectivity index (χ1n) is 5.56. The molecule has 0 radical (unpaired) electrons. The van der Waals surface area contributed by atoms with Crippen LogP contribution in [-0.4, -0.2) is 10.9 Å². The van der Waals surface area contributed by atoms with E-state index >= 15 is 0 Å². The average Bonchev–Trinajstić information content (AvgIpc) is 2.59. The van der Waals surface area contributed by atoms with E-state index < -0.39 is 11.6 Å². The van der Waals surface area contributed by atoms with Gasteiger partial charge in [-0.05, 0) is 13.0 Å². The minimum atomic E-state index is -0.764. The van der Waals surface area contributed by atoms with Gasteiger partial charge in [-0.3, -0.25) is 0 Å². The Labute approximate surface area is 103 Å². The molecule has 0 saturated carbocycles. The van der Waals surface area contributed by atoms with Gasteiger partial charge in [0.1, 0.15) is 11.5 Å². The van der Waals surface area contributed by atoms with Crippen LogP contribution in [0.3, 0.4) is 0 Å². The van der Waals surface area contributed by atoms with Gasteiger partial charge in [-0.2, -0.15) is 0 Å². The van der Waals surface area contributed by atoms with Crippen LogP contribution in [0, 0.1) is 24.5 Å². The molecule has 0 aliphatic carbocycles. The zero-order valence-electron chi connectivity index (χ0n) is 10.3. The maximum absolute atomic E-state index is 13.6. The number of hydrogen-bond acceptors (Lipinski definition) is 3. The second-order valence-electron chi connectivity index (χ2n) is 4.46. The van der Waals surface area contributed by atoms with Crippen molar-refractivity contribution in [3.8, 4) is 0 Å². The van der Waals surface area contributed by atoms with Crippen LogP contribution in [0.25, 0.3) is 11.0 Å². The summed E-state index contributed by atoms with van der Waals surface area (Å²) in [5.41, 5.74) is 0.846. The lowest BCUT2D eigenvalue weighted by Crippen LogP contribution is -2.09. The molecule has 3 nitrogen and oxygen atoms in total. The third kappa shape index (κ3) is 1.85. The lowest BCUT2D eigenvalue weighted by Gasteiger charge is -2.05. The van der Waals surface area contributed by atoms with Crippen molar-refractivity contribution in [1.29, 1.82) is 0 Å². The third-order valence-electron chi connectivity index (χ3n) is 2.84. The van der Waals surface area contributed by atoms with Crippen LogP contribution in [0.1, 0.15) is 25.2 Å². The van der Waals surface area contributed by atoms with Crippen LogP contribution in [0.2, 0.25) is 0 Å². The Bertz CT molecular complexity index is 629. The van der Waals surface area contributed by atoms with Crippen LogP contribution >= 0.6 is 0 Å². The summed E-state index contributed by atoms with van der Waals surface area (Å²) in [5, 5.41) is 12.5. The molecule has 0 fully saturated rings. The number of benzene rings is 1. The van der Waals surface area contributed by atoms with Crippen molar-refractivity contribution in [3.63, 3.8) is 0 Å². The molecule has 5 heteroatoms. The number of hydrogen-bond donors (Lipinski definition) is 1. The maximum Gasteiger partial charge on any atom is 0.170 e. The Hall–Kier alpha value is -1.91. The lowest BCUT2D eigenvalue weighted by atomic mass is 10.0. The van der Waals surface area contributed by atoms with E-state index in [0.29, 0.717) is 16.7 Å². The quantitative estimate of drug-likeness (QED) is 0.502. The Balaban J connectivity index is 2.75. The van der Waals surface area contributed by atoms with Crippen molar-refractivity contribution < 1.29 is 18.4 Å². The topological polar surface area (TPSA) is 45.7 Å². The molecule has 1 aromatic carbocycles. The van der Waals surface area contributed by atoms with Gasteiger partial charge < -0.3 is 9.62 Å². The first-order chi connectivity index (χ1) is 8.45. The van der Waals surface area contributed by atoms with Crippen LogP contribution in [0.15, 0.2) is 21.7 Å². The Morgan fingerprint density at radius 1 is 1.33 bits per heavy atom. The van der Waals surface area contributed by atoms with Crippen molar-refractivity contribution in [1.82, 2.24) is 0 Å². The van der Waals surface area contributed by atoms with E-state index in [4.69, 9.17) is 9.62 Å². The zero-order valence-corrected chi connectivity index (χ0v) is 10.3.